The molecule has 0 bridgehead atoms. The highest BCUT2D eigenvalue weighted by Gasteiger charge is 2.34. The van der Waals surface area contributed by atoms with Crippen LogP contribution in [0.5, 0.6) is 5.75 Å². The lowest BCUT2D eigenvalue weighted by atomic mass is 10.2. The molecule has 2 rings (SSSR count). The van der Waals surface area contributed by atoms with Crippen LogP contribution in [0.15, 0.2) is 29.2 Å². The predicted octanol–water partition coefficient (Wildman–Crippen LogP) is 4.09. The monoisotopic (exact) mass is 321 g/mol. The molecule has 21 heavy (non-hydrogen) atoms. The zero-order valence-corrected chi connectivity index (χ0v) is 14.1. The molecule has 1 unspecified atom stereocenters. The molecule has 1 aliphatic heterocycles. The van der Waals surface area contributed by atoms with Crippen LogP contribution < -0.4 is 4.74 Å². The molecule has 1 aliphatic rings. The number of rotatable bonds is 5. The van der Waals surface area contributed by atoms with Crippen molar-refractivity contribution in [1.82, 2.24) is 4.90 Å². The fraction of sp³-hybridized carbons (Fsp3) is 0.375. The summed E-state index contributed by atoms with van der Waals surface area (Å²) in [6.07, 6.45) is 2.78. The number of amides is 1. The van der Waals surface area contributed by atoms with Gasteiger partial charge in [0.05, 0.1) is 11.5 Å². The van der Waals surface area contributed by atoms with Crippen molar-refractivity contribution in [2.45, 2.75) is 33.2 Å². The predicted molar refractivity (Wildman–Crippen MR) is 92.4 cm³/mol. The molecule has 1 aromatic carbocycles. The lowest BCUT2D eigenvalue weighted by Crippen LogP contribution is -2.36. The second-order valence-electron chi connectivity index (χ2n) is 4.81. The molecule has 0 N–H and O–H groups in total. The molecule has 0 aliphatic carbocycles. The van der Waals surface area contributed by atoms with Crippen molar-refractivity contribution in [1.29, 1.82) is 0 Å². The standard InChI is InChI=1S/C16H19NO2S2/c1-4-11(3)17-15(18)14(21-16(17)20)10-12-6-8-13(9-7-12)19-5-2/h6-11H,4-5H2,1-3H3/b14-10-. The Morgan fingerprint density at radius 3 is 2.57 bits per heavy atom. The second kappa shape index (κ2) is 7.09. The zero-order chi connectivity index (χ0) is 15.4. The van der Waals surface area contributed by atoms with E-state index in [1.165, 1.54) is 11.8 Å². The average molecular weight is 321 g/mol. The van der Waals surface area contributed by atoms with Crippen molar-refractivity contribution < 1.29 is 9.53 Å². The van der Waals surface area contributed by atoms with Crippen molar-refractivity contribution >= 4 is 40.3 Å². The van der Waals surface area contributed by atoms with Crippen LogP contribution >= 0.6 is 24.0 Å². The summed E-state index contributed by atoms with van der Waals surface area (Å²) < 4.78 is 6.06. The number of thiocarbonyl (C=S) groups is 1. The topological polar surface area (TPSA) is 29.5 Å². The van der Waals surface area contributed by atoms with Crippen LogP contribution in [0.4, 0.5) is 0 Å². The van der Waals surface area contributed by atoms with Gasteiger partial charge in [-0.25, -0.2) is 0 Å². The molecule has 1 atom stereocenters. The first kappa shape index (κ1) is 16.0. The molecule has 1 amide bonds. The van der Waals surface area contributed by atoms with E-state index in [1.54, 1.807) is 4.90 Å². The summed E-state index contributed by atoms with van der Waals surface area (Å²) in [5.74, 6) is 0.843. The van der Waals surface area contributed by atoms with Gasteiger partial charge in [-0.3, -0.25) is 9.69 Å². The van der Waals surface area contributed by atoms with Crippen molar-refractivity contribution in [3.8, 4) is 5.75 Å². The number of benzene rings is 1. The third-order valence-electron chi connectivity index (χ3n) is 3.34. The lowest BCUT2D eigenvalue weighted by molar-refractivity contribution is -0.123. The Morgan fingerprint density at radius 2 is 2.00 bits per heavy atom. The van der Waals surface area contributed by atoms with E-state index in [0.29, 0.717) is 15.8 Å². The maximum Gasteiger partial charge on any atom is 0.266 e. The second-order valence-corrected chi connectivity index (χ2v) is 6.49. The van der Waals surface area contributed by atoms with Gasteiger partial charge < -0.3 is 4.74 Å². The van der Waals surface area contributed by atoms with Gasteiger partial charge in [0.2, 0.25) is 0 Å². The molecule has 1 fully saturated rings. The number of ether oxygens (including phenoxy) is 1. The number of hydrogen-bond acceptors (Lipinski definition) is 4. The number of hydrogen-bond donors (Lipinski definition) is 0. The largest absolute Gasteiger partial charge is 0.494 e. The normalized spacial score (nSPS) is 18.4. The van der Waals surface area contributed by atoms with Gasteiger partial charge >= 0.3 is 0 Å². The Morgan fingerprint density at radius 1 is 1.33 bits per heavy atom. The highest BCUT2D eigenvalue weighted by Crippen LogP contribution is 2.34. The van der Waals surface area contributed by atoms with E-state index in [1.807, 2.05) is 44.2 Å². The molecule has 3 nitrogen and oxygen atoms in total. The van der Waals surface area contributed by atoms with Crippen LogP contribution in [0.2, 0.25) is 0 Å². The number of nitrogens with zero attached hydrogens (tertiary/aromatic N) is 1. The van der Waals surface area contributed by atoms with Crippen LogP contribution in [0.25, 0.3) is 6.08 Å². The summed E-state index contributed by atoms with van der Waals surface area (Å²) in [4.78, 5) is 14.8. The van der Waals surface area contributed by atoms with E-state index in [2.05, 4.69) is 6.92 Å². The van der Waals surface area contributed by atoms with Gasteiger partial charge in [0, 0.05) is 6.04 Å². The number of carbonyl (C=O) groups excluding carboxylic acids is 1. The van der Waals surface area contributed by atoms with Gasteiger partial charge in [-0.2, -0.15) is 0 Å². The summed E-state index contributed by atoms with van der Waals surface area (Å²) in [7, 11) is 0. The quantitative estimate of drug-likeness (QED) is 0.603. The Labute approximate surface area is 135 Å². The SMILES string of the molecule is CCOc1ccc(/C=C2\SC(=S)N(C(C)CC)C2=O)cc1. The van der Waals surface area contributed by atoms with E-state index in [0.717, 1.165) is 17.7 Å². The third-order valence-corrected chi connectivity index (χ3v) is 4.67. The summed E-state index contributed by atoms with van der Waals surface area (Å²) in [6.45, 7) is 6.67. The molecule has 0 radical (unpaired) electrons. The van der Waals surface area contributed by atoms with Gasteiger partial charge in [0.1, 0.15) is 10.1 Å². The average Bonchev–Trinajstić information content (AvgIpc) is 2.75. The number of carbonyl (C=O) groups is 1. The van der Waals surface area contributed by atoms with Gasteiger partial charge in [-0.15, -0.1) is 0 Å². The molecule has 0 saturated carbocycles. The smallest absolute Gasteiger partial charge is 0.266 e. The van der Waals surface area contributed by atoms with Crippen molar-refractivity contribution in [3.63, 3.8) is 0 Å². The molecule has 112 valence electrons. The van der Waals surface area contributed by atoms with Crippen LogP contribution in [0.1, 0.15) is 32.8 Å². The van der Waals surface area contributed by atoms with Gasteiger partial charge in [-0.05, 0) is 44.0 Å². The summed E-state index contributed by atoms with van der Waals surface area (Å²) in [5.41, 5.74) is 0.975. The first-order valence-electron chi connectivity index (χ1n) is 7.06. The Balaban J connectivity index is 2.18. The van der Waals surface area contributed by atoms with Crippen molar-refractivity contribution in [3.05, 3.63) is 34.7 Å². The van der Waals surface area contributed by atoms with Gasteiger partial charge in [-0.1, -0.05) is 43.0 Å². The molecule has 5 heteroatoms. The lowest BCUT2D eigenvalue weighted by Gasteiger charge is -2.21. The Bertz CT molecular complexity index is 566. The maximum absolute atomic E-state index is 12.4. The Hall–Kier alpha value is -1.33. The molecular formula is C16H19NO2S2. The van der Waals surface area contributed by atoms with Crippen molar-refractivity contribution in [2.75, 3.05) is 6.61 Å². The fourth-order valence-electron chi connectivity index (χ4n) is 2.02. The molecule has 1 aromatic rings. The minimum atomic E-state index is 0.00762. The molecule has 0 aromatic heterocycles. The first-order valence-corrected chi connectivity index (χ1v) is 8.29. The fourth-order valence-corrected chi connectivity index (χ4v) is 3.48. The maximum atomic E-state index is 12.4. The number of thioether (sulfide) groups is 1. The summed E-state index contributed by atoms with van der Waals surface area (Å²) >= 11 is 6.69. The molecular weight excluding hydrogens is 302 g/mol. The Kier molecular flexibility index (Phi) is 5.42. The summed E-state index contributed by atoms with van der Waals surface area (Å²) in [5, 5.41) is 0. The molecule has 1 heterocycles. The van der Waals surface area contributed by atoms with Gasteiger partial charge in [0.25, 0.3) is 5.91 Å². The van der Waals surface area contributed by atoms with Crippen LogP contribution in [-0.2, 0) is 4.79 Å². The van der Waals surface area contributed by atoms with E-state index < -0.39 is 0 Å². The van der Waals surface area contributed by atoms with Crippen molar-refractivity contribution in [2.24, 2.45) is 0 Å². The third kappa shape index (κ3) is 3.66. The van der Waals surface area contributed by atoms with E-state index in [4.69, 9.17) is 17.0 Å². The summed E-state index contributed by atoms with van der Waals surface area (Å²) in [6, 6.07) is 7.85. The minimum Gasteiger partial charge on any atom is -0.494 e. The zero-order valence-electron chi connectivity index (χ0n) is 12.5. The highest BCUT2D eigenvalue weighted by atomic mass is 32.2. The van der Waals surface area contributed by atoms with E-state index in [-0.39, 0.29) is 11.9 Å². The van der Waals surface area contributed by atoms with E-state index >= 15 is 0 Å². The minimum absolute atomic E-state index is 0.00762. The molecule has 0 spiro atoms. The first-order chi connectivity index (χ1) is 10.1. The van der Waals surface area contributed by atoms with Crippen LogP contribution in [0, 0.1) is 0 Å². The van der Waals surface area contributed by atoms with Crippen LogP contribution in [0.3, 0.4) is 0 Å². The van der Waals surface area contributed by atoms with Crippen LogP contribution in [-0.4, -0.2) is 27.8 Å². The van der Waals surface area contributed by atoms with E-state index in [9.17, 15) is 4.79 Å². The van der Waals surface area contributed by atoms with Gasteiger partial charge in [0.15, 0.2) is 0 Å². The highest BCUT2D eigenvalue weighted by molar-refractivity contribution is 8.26. The molecule has 1 saturated heterocycles.